The van der Waals surface area contributed by atoms with Crippen molar-refractivity contribution in [3.05, 3.63) is 89.2 Å². The molecule has 192 valence electrons. The smallest absolute Gasteiger partial charge is 0.416 e. The van der Waals surface area contributed by atoms with Crippen LogP contribution in [0.15, 0.2) is 78.0 Å². The van der Waals surface area contributed by atoms with E-state index in [2.05, 4.69) is 20.8 Å². The van der Waals surface area contributed by atoms with Gasteiger partial charge in [0.05, 0.1) is 35.7 Å². The summed E-state index contributed by atoms with van der Waals surface area (Å²) in [6, 6.07) is 19.2. The molecule has 7 nitrogen and oxygen atoms in total. The van der Waals surface area contributed by atoms with Crippen molar-refractivity contribution < 1.29 is 22.7 Å². The maximum absolute atomic E-state index is 13.2. The van der Waals surface area contributed by atoms with E-state index >= 15 is 0 Å². The molecular formula is C25H21ClF3N5O2S. The number of benzene rings is 3. The maximum atomic E-state index is 13.2. The first-order chi connectivity index (χ1) is 17.7. The predicted molar refractivity (Wildman–Crippen MR) is 137 cm³/mol. The molecule has 1 aromatic heterocycles. The first-order valence-corrected chi connectivity index (χ1v) is 12.3. The highest BCUT2D eigenvalue weighted by Gasteiger charge is 2.31. The Kier molecular flexibility index (Phi) is 8.24. The molecule has 12 heteroatoms. The van der Waals surface area contributed by atoms with E-state index in [9.17, 15) is 18.0 Å². The van der Waals surface area contributed by atoms with Crippen LogP contribution in [0, 0.1) is 0 Å². The van der Waals surface area contributed by atoms with Gasteiger partial charge in [-0.2, -0.15) is 13.2 Å². The van der Waals surface area contributed by atoms with Crippen molar-refractivity contribution in [3.8, 4) is 11.4 Å². The zero-order valence-corrected chi connectivity index (χ0v) is 21.0. The van der Waals surface area contributed by atoms with Gasteiger partial charge in [-0.1, -0.05) is 41.6 Å². The second kappa shape index (κ2) is 11.6. The average Bonchev–Trinajstić information content (AvgIpc) is 3.29. The highest BCUT2D eigenvalue weighted by molar-refractivity contribution is 7.99. The molecule has 0 saturated heterocycles. The molecule has 37 heavy (non-hydrogen) atoms. The van der Waals surface area contributed by atoms with Gasteiger partial charge in [-0.25, -0.2) is 0 Å². The fourth-order valence-corrected chi connectivity index (χ4v) is 4.31. The summed E-state index contributed by atoms with van der Waals surface area (Å²) < 4.78 is 46.4. The number of amides is 1. The fourth-order valence-electron chi connectivity index (χ4n) is 3.36. The van der Waals surface area contributed by atoms with Crippen molar-refractivity contribution in [1.29, 1.82) is 0 Å². The standard InChI is InChI=1S/C25H21ClF3N5O2S/c1-36-19-10-8-18(9-11-19)34-22(14-30-21-13-16(25(27,28)29)7-12-20(21)26)32-33-24(34)37-15-23(35)31-17-5-3-2-4-6-17/h2-13,30H,14-15H2,1H3,(H,31,35). The third-order valence-electron chi connectivity index (χ3n) is 5.15. The fraction of sp³-hybridized carbons (Fsp3) is 0.160. The van der Waals surface area contributed by atoms with Crippen LogP contribution in [0.2, 0.25) is 5.02 Å². The number of alkyl halides is 3. The lowest BCUT2D eigenvalue weighted by molar-refractivity contribution is -0.137. The Hall–Kier alpha value is -3.70. The molecule has 0 atom stereocenters. The van der Waals surface area contributed by atoms with E-state index in [4.69, 9.17) is 16.3 Å². The minimum atomic E-state index is -4.51. The number of anilines is 2. The van der Waals surface area contributed by atoms with E-state index in [1.165, 1.54) is 17.8 Å². The molecule has 0 bridgehead atoms. The Labute approximate surface area is 220 Å². The van der Waals surface area contributed by atoms with Crippen LogP contribution in [0.4, 0.5) is 24.5 Å². The SMILES string of the molecule is COc1ccc(-n2c(CNc3cc(C(F)(F)F)ccc3Cl)nnc2SCC(=O)Nc2ccccc2)cc1. The lowest BCUT2D eigenvalue weighted by atomic mass is 10.2. The van der Waals surface area contributed by atoms with Gasteiger partial charge < -0.3 is 15.4 Å². The number of halogens is 4. The molecule has 0 aliphatic heterocycles. The number of carbonyl (C=O) groups excluding carboxylic acids is 1. The Balaban J connectivity index is 1.56. The normalized spacial score (nSPS) is 11.3. The van der Waals surface area contributed by atoms with Crippen molar-refractivity contribution in [2.24, 2.45) is 0 Å². The lowest BCUT2D eigenvalue weighted by Crippen LogP contribution is -2.15. The summed E-state index contributed by atoms with van der Waals surface area (Å²) in [5, 5.41) is 14.7. The monoisotopic (exact) mass is 547 g/mol. The van der Waals surface area contributed by atoms with Gasteiger partial charge in [0.2, 0.25) is 5.91 Å². The minimum Gasteiger partial charge on any atom is -0.497 e. The highest BCUT2D eigenvalue weighted by atomic mass is 35.5. The second-order valence-corrected chi connectivity index (χ2v) is 9.03. The highest BCUT2D eigenvalue weighted by Crippen LogP contribution is 2.34. The van der Waals surface area contributed by atoms with Gasteiger partial charge in [-0.15, -0.1) is 10.2 Å². The number of hydrogen-bond donors (Lipinski definition) is 2. The number of rotatable bonds is 9. The molecule has 0 spiro atoms. The number of methoxy groups -OCH3 is 1. The zero-order valence-electron chi connectivity index (χ0n) is 19.4. The Morgan fingerprint density at radius 2 is 1.78 bits per heavy atom. The van der Waals surface area contributed by atoms with E-state index in [0.29, 0.717) is 28.1 Å². The molecule has 0 fully saturated rings. The van der Waals surface area contributed by atoms with Gasteiger partial charge in [0.1, 0.15) is 5.75 Å². The number of ether oxygens (including phenoxy) is 1. The molecule has 0 radical (unpaired) electrons. The number of nitrogens with zero attached hydrogens (tertiary/aromatic N) is 3. The number of carbonyl (C=O) groups is 1. The predicted octanol–water partition coefficient (Wildman–Crippen LogP) is 6.29. The van der Waals surface area contributed by atoms with Crippen LogP contribution < -0.4 is 15.4 Å². The minimum absolute atomic E-state index is 0.0246. The van der Waals surface area contributed by atoms with E-state index in [-0.39, 0.29) is 28.9 Å². The van der Waals surface area contributed by atoms with Crippen LogP contribution in [0.1, 0.15) is 11.4 Å². The number of hydrogen-bond acceptors (Lipinski definition) is 6. The summed E-state index contributed by atoms with van der Waals surface area (Å²) in [5.41, 5.74) is 0.644. The van der Waals surface area contributed by atoms with Gasteiger partial charge in [-0.05, 0) is 54.6 Å². The van der Waals surface area contributed by atoms with Crippen LogP contribution >= 0.6 is 23.4 Å². The van der Waals surface area contributed by atoms with E-state index in [1.54, 1.807) is 48.1 Å². The first kappa shape index (κ1) is 26.4. The van der Waals surface area contributed by atoms with E-state index in [1.807, 2.05) is 18.2 Å². The number of aromatic nitrogens is 3. The molecule has 0 unspecified atom stereocenters. The molecule has 0 aliphatic rings. The van der Waals surface area contributed by atoms with Crippen molar-refractivity contribution in [2.75, 3.05) is 23.5 Å². The molecule has 0 saturated carbocycles. The van der Waals surface area contributed by atoms with Gasteiger partial charge >= 0.3 is 6.18 Å². The van der Waals surface area contributed by atoms with Crippen molar-refractivity contribution in [2.45, 2.75) is 17.9 Å². The largest absolute Gasteiger partial charge is 0.497 e. The van der Waals surface area contributed by atoms with Gasteiger partial charge in [-0.3, -0.25) is 9.36 Å². The third-order valence-corrected chi connectivity index (χ3v) is 6.41. The van der Waals surface area contributed by atoms with Crippen LogP contribution in [0.5, 0.6) is 5.75 Å². The Bertz CT molecular complexity index is 1370. The summed E-state index contributed by atoms with van der Waals surface area (Å²) in [5.74, 6) is 0.889. The van der Waals surface area contributed by atoms with Gasteiger partial charge in [0, 0.05) is 11.4 Å². The number of nitrogens with one attached hydrogen (secondary N) is 2. The zero-order chi connectivity index (χ0) is 26.4. The molecule has 0 aliphatic carbocycles. The number of thioether (sulfide) groups is 1. The molecule has 1 amide bonds. The number of para-hydroxylation sites is 1. The summed E-state index contributed by atoms with van der Waals surface area (Å²) in [4.78, 5) is 12.5. The molecule has 4 aromatic rings. The van der Waals surface area contributed by atoms with Gasteiger partial charge in [0.25, 0.3) is 0 Å². The summed E-state index contributed by atoms with van der Waals surface area (Å²) in [7, 11) is 1.55. The van der Waals surface area contributed by atoms with Crippen molar-refractivity contribution in [3.63, 3.8) is 0 Å². The quantitative estimate of drug-likeness (QED) is 0.240. The molecular weight excluding hydrogens is 527 g/mol. The Morgan fingerprint density at radius 1 is 1.05 bits per heavy atom. The lowest BCUT2D eigenvalue weighted by Gasteiger charge is -2.14. The van der Waals surface area contributed by atoms with E-state index in [0.717, 1.165) is 12.1 Å². The first-order valence-electron chi connectivity index (χ1n) is 10.9. The maximum Gasteiger partial charge on any atom is 0.416 e. The van der Waals surface area contributed by atoms with E-state index < -0.39 is 11.7 Å². The Morgan fingerprint density at radius 3 is 2.46 bits per heavy atom. The molecule has 1 heterocycles. The van der Waals surface area contributed by atoms with Crippen LogP contribution in [-0.2, 0) is 17.5 Å². The van der Waals surface area contributed by atoms with Crippen molar-refractivity contribution >= 4 is 40.6 Å². The van der Waals surface area contributed by atoms with Crippen molar-refractivity contribution in [1.82, 2.24) is 14.8 Å². The third kappa shape index (κ3) is 6.75. The van der Waals surface area contributed by atoms with Gasteiger partial charge in [0.15, 0.2) is 11.0 Å². The summed E-state index contributed by atoms with van der Waals surface area (Å²) in [6.07, 6.45) is -4.51. The summed E-state index contributed by atoms with van der Waals surface area (Å²) >= 11 is 7.30. The topological polar surface area (TPSA) is 81.1 Å². The molecule has 4 rings (SSSR count). The second-order valence-electron chi connectivity index (χ2n) is 7.68. The molecule has 2 N–H and O–H groups in total. The van der Waals surface area contributed by atoms with Crippen LogP contribution in [-0.4, -0.2) is 33.5 Å². The molecule has 3 aromatic carbocycles. The average molecular weight is 548 g/mol. The summed E-state index contributed by atoms with van der Waals surface area (Å²) in [6.45, 7) is 0.0246. The van der Waals surface area contributed by atoms with Crippen LogP contribution in [0.3, 0.4) is 0 Å². The van der Waals surface area contributed by atoms with Crippen LogP contribution in [0.25, 0.3) is 5.69 Å².